The number of rotatable bonds is 7. The Morgan fingerprint density at radius 1 is 1.26 bits per heavy atom. The quantitative estimate of drug-likeness (QED) is 0.478. The summed E-state index contributed by atoms with van der Waals surface area (Å²) in [5.74, 6) is -0.622. The second-order valence-corrected chi connectivity index (χ2v) is 9.62. The molecule has 12 heteroatoms. The first-order valence-corrected chi connectivity index (χ1v) is 12.3. The van der Waals surface area contributed by atoms with Gasteiger partial charge < -0.3 is 14.7 Å². The summed E-state index contributed by atoms with van der Waals surface area (Å²) in [5.41, 5.74) is 2.20. The third-order valence-corrected chi connectivity index (χ3v) is 7.18. The van der Waals surface area contributed by atoms with Crippen molar-refractivity contribution < 1.29 is 23.1 Å². The number of ether oxygens (including phenoxy) is 1. The highest BCUT2D eigenvalue weighted by atomic mass is 32.2. The minimum absolute atomic E-state index is 0.00430. The molecule has 0 unspecified atom stereocenters. The lowest BCUT2D eigenvalue weighted by Gasteiger charge is -2.33. The minimum atomic E-state index is -4.09. The number of tetrazole rings is 1. The zero-order valence-electron chi connectivity index (χ0n) is 18.9. The van der Waals surface area contributed by atoms with E-state index in [9.17, 15) is 18.3 Å². The van der Waals surface area contributed by atoms with Crippen molar-refractivity contribution in [2.24, 2.45) is 0 Å². The number of benzene rings is 2. The van der Waals surface area contributed by atoms with Gasteiger partial charge in [0, 0.05) is 13.1 Å². The average Bonchev–Trinajstić information content (AvgIpc) is 3.38. The third kappa shape index (κ3) is 4.87. The number of aromatic nitrogens is 4. The third-order valence-electron chi connectivity index (χ3n) is 5.73. The number of hydrogen-bond donors (Lipinski definition) is 2. The molecule has 0 saturated carbocycles. The number of nitrogens with zero attached hydrogens (tertiary/aromatic N) is 5. The standard InChI is InChI=1S/C22H26N6O5S/c1-3-15-6-7-16(22(30)33-2)11-21(15)34(31,32)24-19-12-17(28-14-23-25-26-28)8-9-20(19)27-10-4-5-18(29)13-27/h6-9,11-12,14,18,24,29H,3-5,10,13H2,1-2H3/t18-/m0/s1. The van der Waals surface area contributed by atoms with Gasteiger partial charge in [-0.1, -0.05) is 13.0 Å². The molecule has 1 aliphatic heterocycles. The van der Waals surface area contributed by atoms with Crippen LogP contribution in [-0.2, 0) is 21.2 Å². The van der Waals surface area contributed by atoms with Gasteiger partial charge in [-0.3, -0.25) is 4.72 Å². The van der Waals surface area contributed by atoms with Crippen LogP contribution in [0.5, 0.6) is 0 Å². The fraction of sp³-hybridized carbons (Fsp3) is 0.364. The van der Waals surface area contributed by atoms with Crippen molar-refractivity contribution in [3.05, 3.63) is 53.9 Å². The summed E-state index contributed by atoms with van der Waals surface area (Å²) in [6, 6.07) is 9.67. The van der Waals surface area contributed by atoms with Crippen LogP contribution in [0.15, 0.2) is 47.6 Å². The number of aliphatic hydroxyl groups is 1. The maximum Gasteiger partial charge on any atom is 0.337 e. The van der Waals surface area contributed by atoms with Crippen molar-refractivity contribution in [1.82, 2.24) is 20.2 Å². The van der Waals surface area contributed by atoms with Gasteiger partial charge in [-0.15, -0.1) is 5.10 Å². The highest BCUT2D eigenvalue weighted by Gasteiger charge is 2.25. The summed E-state index contributed by atoms with van der Waals surface area (Å²) in [4.78, 5) is 14.0. The van der Waals surface area contributed by atoms with Crippen LogP contribution >= 0.6 is 0 Å². The predicted octanol–water partition coefficient (Wildman–Crippen LogP) is 1.77. The van der Waals surface area contributed by atoms with Crippen LogP contribution in [0.1, 0.15) is 35.7 Å². The van der Waals surface area contributed by atoms with E-state index in [1.54, 1.807) is 30.3 Å². The number of aryl methyl sites for hydroxylation is 1. The first-order valence-electron chi connectivity index (χ1n) is 10.9. The van der Waals surface area contributed by atoms with Crippen LogP contribution in [-0.4, -0.2) is 66.0 Å². The first kappa shape index (κ1) is 23.6. The molecule has 1 aromatic heterocycles. The number of esters is 1. The Labute approximate surface area is 197 Å². The Morgan fingerprint density at radius 2 is 2.09 bits per heavy atom. The molecule has 0 aliphatic carbocycles. The molecule has 11 nitrogen and oxygen atoms in total. The van der Waals surface area contributed by atoms with Crippen molar-refractivity contribution in [2.45, 2.75) is 37.2 Å². The summed E-state index contributed by atoms with van der Waals surface area (Å²) in [6.45, 7) is 2.90. The number of aliphatic hydroxyl groups excluding tert-OH is 1. The fourth-order valence-corrected chi connectivity index (χ4v) is 5.42. The van der Waals surface area contributed by atoms with E-state index in [-0.39, 0.29) is 10.5 Å². The molecule has 0 radical (unpaired) electrons. The Hall–Kier alpha value is -3.51. The lowest BCUT2D eigenvalue weighted by molar-refractivity contribution is 0.0600. The monoisotopic (exact) mass is 486 g/mol. The van der Waals surface area contributed by atoms with Gasteiger partial charge in [0.15, 0.2) is 0 Å². The summed E-state index contributed by atoms with van der Waals surface area (Å²) < 4.78 is 36.0. The van der Waals surface area contributed by atoms with Crippen molar-refractivity contribution in [3.8, 4) is 5.69 Å². The predicted molar refractivity (Wildman–Crippen MR) is 125 cm³/mol. The smallest absolute Gasteiger partial charge is 0.337 e. The molecule has 0 bridgehead atoms. The average molecular weight is 487 g/mol. The van der Waals surface area contributed by atoms with Crippen molar-refractivity contribution in [1.29, 1.82) is 0 Å². The number of sulfonamides is 1. The maximum atomic E-state index is 13.6. The van der Waals surface area contributed by atoms with Crippen LogP contribution < -0.4 is 9.62 Å². The molecule has 34 heavy (non-hydrogen) atoms. The van der Waals surface area contributed by atoms with Crippen LogP contribution in [0.25, 0.3) is 5.69 Å². The number of nitrogens with one attached hydrogen (secondary N) is 1. The zero-order valence-corrected chi connectivity index (χ0v) is 19.7. The van der Waals surface area contributed by atoms with E-state index >= 15 is 0 Å². The van der Waals surface area contributed by atoms with Gasteiger partial charge in [-0.05, 0) is 65.6 Å². The number of carbonyl (C=O) groups excluding carboxylic acids is 1. The second-order valence-electron chi connectivity index (χ2n) is 7.97. The molecule has 2 aromatic carbocycles. The van der Waals surface area contributed by atoms with E-state index in [2.05, 4.69) is 20.2 Å². The summed E-state index contributed by atoms with van der Waals surface area (Å²) >= 11 is 0. The van der Waals surface area contributed by atoms with Crippen molar-refractivity contribution >= 4 is 27.4 Å². The van der Waals surface area contributed by atoms with Gasteiger partial charge in [-0.2, -0.15) is 0 Å². The van der Waals surface area contributed by atoms with E-state index in [1.807, 2.05) is 11.8 Å². The summed E-state index contributed by atoms with van der Waals surface area (Å²) in [6.07, 6.45) is 2.84. The minimum Gasteiger partial charge on any atom is -0.465 e. The van der Waals surface area contributed by atoms with Gasteiger partial charge in [0.05, 0.1) is 40.7 Å². The van der Waals surface area contributed by atoms with Crippen LogP contribution in [0.2, 0.25) is 0 Å². The number of β-amino-alcohol motifs (C(OH)–C–C–N with tert-alkyl or cyclic N) is 1. The summed E-state index contributed by atoms with van der Waals surface area (Å²) in [5, 5.41) is 21.3. The fourth-order valence-electron chi connectivity index (χ4n) is 4.02. The molecule has 0 spiro atoms. The van der Waals surface area contributed by atoms with E-state index in [0.717, 1.165) is 6.42 Å². The lowest BCUT2D eigenvalue weighted by Crippen LogP contribution is -2.38. The van der Waals surface area contributed by atoms with Crippen LogP contribution in [0, 0.1) is 0 Å². The zero-order chi connectivity index (χ0) is 24.3. The van der Waals surface area contributed by atoms with Crippen molar-refractivity contribution in [3.63, 3.8) is 0 Å². The largest absolute Gasteiger partial charge is 0.465 e. The highest BCUT2D eigenvalue weighted by Crippen LogP contribution is 2.33. The molecule has 3 aromatic rings. The van der Waals surface area contributed by atoms with Gasteiger partial charge in [-0.25, -0.2) is 17.9 Å². The van der Waals surface area contributed by atoms with Crippen molar-refractivity contribution in [2.75, 3.05) is 29.8 Å². The molecule has 2 N–H and O–H groups in total. The van der Waals surface area contributed by atoms with Crippen LogP contribution in [0.3, 0.4) is 0 Å². The molecule has 0 amide bonds. The van der Waals surface area contributed by atoms with Gasteiger partial charge in [0.2, 0.25) is 0 Å². The summed E-state index contributed by atoms with van der Waals surface area (Å²) in [7, 11) is -2.85. The molecule has 1 fully saturated rings. The molecule has 180 valence electrons. The maximum absolute atomic E-state index is 13.6. The molecule has 4 rings (SSSR count). The second kappa shape index (κ2) is 9.77. The molecular weight excluding hydrogens is 460 g/mol. The van der Waals surface area contributed by atoms with Gasteiger partial charge >= 0.3 is 5.97 Å². The normalized spacial score (nSPS) is 16.3. The molecule has 1 atom stereocenters. The van der Waals surface area contributed by atoms with Gasteiger partial charge in [0.25, 0.3) is 10.0 Å². The molecule has 1 aliphatic rings. The van der Waals surface area contributed by atoms with Gasteiger partial charge in [0.1, 0.15) is 6.33 Å². The topological polar surface area (TPSA) is 140 Å². The highest BCUT2D eigenvalue weighted by molar-refractivity contribution is 7.92. The van der Waals surface area contributed by atoms with E-state index in [0.29, 0.717) is 48.6 Å². The Kier molecular flexibility index (Phi) is 6.80. The van der Waals surface area contributed by atoms with E-state index < -0.39 is 22.1 Å². The molecule has 2 heterocycles. The van der Waals surface area contributed by atoms with E-state index in [4.69, 9.17) is 4.74 Å². The first-order chi connectivity index (χ1) is 16.3. The van der Waals surface area contributed by atoms with E-state index in [1.165, 1.54) is 24.2 Å². The Bertz CT molecular complexity index is 1280. The number of methoxy groups -OCH3 is 1. The number of hydrogen-bond acceptors (Lipinski definition) is 9. The van der Waals surface area contributed by atoms with Crippen LogP contribution in [0.4, 0.5) is 11.4 Å². The number of anilines is 2. The number of piperidine rings is 1. The molecular formula is C22H26N6O5S. The molecule has 1 saturated heterocycles. The lowest BCUT2D eigenvalue weighted by atomic mass is 10.1. The number of carbonyl (C=O) groups is 1. The SMILES string of the molecule is CCc1ccc(C(=O)OC)cc1S(=O)(=O)Nc1cc(-n2cnnn2)ccc1N1CCC[C@H](O)C1. The Morgan fingerprint density at radius 3 is 2.76 bits per heavy atom. The Balaban J connectivity index is 1.78.